The summed E-state index contributed by atoms with van der Waals surface area (Å²) in [6.07, 6.45) is 0. The third-order valence-electron chi connectivity index (χ3n) is 5.01. The summed E-state index contributed by atoms with van der Waals surface area (Å²) in [5, 5.41) is 18.9. The minimum atomic E-state index is -0.185. The average molecular weight is 432 g/mol. The highest BCUT2D eigenvalue weighted by atomic mass is 16.5. The first-order valence-electron chi connectivity index (χ1n) is 10.4. The highest BCUT2D eigenvalue weighted by molar-refractivity contribution is 6.04. The fourth-order valence-corrected chi connectivity index (χ4v) is 3.38. The Bertz CT molecular complexity index is 1210. The molecule has 0 aliphatic heterocycles. The molecule has 2 heterocycles. The molecule has 0 spiro atoms. The van der Waals surface area contributed by atoms with Crippen molar-refractivity contribution in [2.45, 2.75) is 40.5 Å². The Morgan fingerprint density at radius 3 is 2.59 bits per heavy atom. The molecule has 0 fully saturated rings. The summed E-state index contributed by atoms with van der Waals surface area (Å²) < 4.78 is 9.35. The number of nitrogens with zero attached hydrogens (tertiary/aromatic N) is 6. The molecular formula is C23H25N7O2. The number of benzene rings is 2. The zero-order valence-electron chi connectivity index (χ0n) is 18.3. The maximum atomic E-state index is 12.7. The van der Waals surface area contributed by atoms with E-state index in [1.54, 1.807) is 28.9 Å². The first-order valence-corrected chi connectivity index (χ1v) is 10.4. The molecule has 2 aromatic carbocycles. The molecule has 0 saturated carbocycles. The molecule has 0 saturated heterocycles. The van der Waals surface area contributed by atoms with Crippen LogP contribution in [-0.2, 0) is 19.7 Å². The van der Waals surface area contributed by atoms with Gasteiger partial charge in [-0.2, -0.15) is 5.10 Å². The van der Waals surface area contributed by atoms with Gasteiger partial charge in [0.25, 0.3) is 5.91 Å². The molecule has 0 aliphatic rings. The highest BCUT2D eigenvalue weighted by Gasteiger charge is 2.09. The third kappa shape index (κ3) is 5.00. The number of carbonyl (C=O) groups is 1. The van der Waals surface area contributed by atoms with Crippen LogP contribution in [0.1, 0.15) is 40.1 Å². The fourth-order valence-electron chi connectivity index (χ4n) is 3.38. The van der Waals surface area contributed by atoms with Crippen LogP contribution in [-0.4, -0.2) is 35.9 Å². The summed E-state index contributed by atoms with van der Waals surface area (Å²) in [6, 6.07) is 16.8. The zero-order valence-corrected chi connectivity index (χ0v) is 18.3. The van der Waals surface area contributed by atoms with Crippen LogP contribution in [0.15, 0.2) is 54.6 Å². The predicted octanol–water partition coefficient (Wildman–Crippen LogP) is 3.39. The first kappa shape index (κ1) is 21.2. The smallest absolute Gasteiger partial charge is 0.255 e. The molecular weight excluding hydrogens is 406 g/mol. The number of nitrogens with one attached hydrogen (secondary N) is 1. The summed E-state index contributed by atoms with van der Waals surface area (Å²) in [7, 11) is 0. The van der Waals surface area contributed by atoms with Gasteiger partial charge < -0.3 is 10.1 Å². The average Bonchev–Trinajstić information content (AvgIpc) is 3.37. The minimum Gasteiger partial charge on any atom is -0.486 e. The molecule has 9 nitrogen and oxygen atoms in total. The van der Waals surface area contributed by atoms with E-state index in [9.17, 15) is 4.79 Å². The van der Waals surface area contributed by atoms with E-state index < -0.39 is 0 Å². The number of hydrogen-bond acceptors (Lipinski definition) is 6. The lowest BCUT2D eigenvalue weighted by atomic mass is 10.1. The van der Waals surface area contributed by atoms with Gasteiger partial charge in [-0.1, -0.05) is 12.1 Å². The Labute approximate surface area is 186 Å². The second kappa shape index (κ2) is 9.42. The van der Waals surface area contributed by atoms with Crippen molar-refractivity contribution in [2.75, 3.05) is 5.32 Å². The van der Waals surface area contributed by atoms with Crippen molar-refractivity contribution in [2.24, 2.45) is 0 Å². The topological polar surface area (TPSA) is 99.8 Å². The number of amides is 1. The lowest BCUT2D eigenvalue weighted by Gasteiger charge is -2.10. The van der Waals surface area contributed by atoms with Crippen molar-refractivity contribution in [3.63, 3.8) is 0 Å². The molecule has 0 bridgehead atoms. The van der Waals surface area contributed by atoms with Crippen LogP contribution in [0.25, 0.3) is 0 Å². The molecule has 2 aromatic heterocycles. The van der Waals surface area contributed by atoms with Gasteiger partial charge in [0.05, 0.1) is 12.2 Å². The predicted molar refractivity (Wildman–Crippen MR) is 119 cm³/mol. The van der Waals surface area contributed by atoms with E-state index in [0.29, 0.717) is 30.2 Å². The maximum absolute atomic E-state index is 12.7. The number of anilines is 1. The third-order valence-corrected chi connectivity index (χ3v) is 5.01. The fraction of sp³-hybridized carbons (Fsp3) is 0.261. The van der Waals surface area contributed by atoms with Crippen molar-refractivity contribution >= 4 is 11.6 Å². The van der Waals surface area contributed by atoms with E-state index in [0.717, 1.165) is 22.6 Å². The summed E-state index contributed by atoms with van der Waals surface area (Å²) in [6.45, 7) is 7.55. The zero-order chi connectivity index (χ0) is 22.5. The summed E-state index contributed by atoms with van der Waals surface area (Å²) in [4.78, 5) is 12.7. The summed E-state index contributed by atoms with van der Waals surface area (Å²) in [5.74, 6) is 1.10. The van der Waals surface area contributed by atoms with Gasteiger partial charge in [-0.05, 0) is 79.2 Å². The second-order valence-electron chi connectivity index (χ2n) is 7.46. The number of rotatable bonds is 8. The number of tetrazole rings is 1. The van der Waals surface area contributed by atoms with E-state index in [1.165, 1.54) is 0 Å². The Hall–Kier alpha value is -4.01. The molecule has 4 aromatic rings. The molecule has 9 heteroatoms. The van der Waals surface area contributed by atoms with Crippen molar-refractivity contribution in [3.05, 3.63) is 82.9 Å². The van der Waals surface area contributed by atoms with Crippen LogP contribution in [0, 0.1) is 13.8 Å². The SMILES string of the molecule is CCn1nnnc1COc1ccc(C(=O)Nc2cccc(Cn3nc(C)cc3C)c2)cc1. The lowest BCUT2D eigenvalue weighted by Crippen LogP contribution is -2.12. The largest absolute Gasteiger partial charge is 0.486 e. The van der Waals surface area contributed by atoms with Crippen LogP contribution in [0.4, 0.5) is 5.69 Å². The minimum absolute atomic E-state index is 0.185. The molecule has 32 heavy (non-hydrogen) atoms. The standard InChI is InChI=1S/C23H25N7O2/c1-4-29-22(25-27-28-29)15-32-21-10-8-19(9-11-21)23(31)24-20-7-5-6-18(13-20)14-30-17(3)12-16(2)26-30/h5-13H,4,14-15H2,1-3H3,(H,24,31). The van der Waals surface area contributed by atoms with Crippen molar-refractivity contribution in [3.8, 4) is 5.75 Å². The van der Waals surface area contributed by atoms with Gasteiger partial charge in [-0.25, -0.2) is 4.68 Å². The first-order chi connectivity index (χ1) is 15.5. The Balaban J connectivity index is 1.37. The summed E-state index contributed by atoms with van der Waals surface area (Å²) in [5.41, 5.74) is 4.43. The van der Waals surface area contributed by atoms with E-state index in [4.69, 9.17) is 4.74 Å². The van der Waals surface area contributed by atoms with E-state index in [-0.39, 0.29) is 12.5 Å². The van der Waals surface area contributed by atoms with Crippen molar-refractivity contribution in [1.82, 2.24) is 30.0 Å². The molecule has 1 amide bonds. The molecule has 164 valence electrons. The number of hydrogen-bond donors (Lipinski definition) is 1. The van der Waals surface area contributed by atoms with Crippen molar-refractivity contribution < 1.29 is 9.53 Å². The Morgan fingerprint density at radius 2 is 1.88 bits per heavy atom. The molecule has 0 radical (unpaired) electrons. The van der Waals surface area contributed by atoms with Gasteiger partial charge in [0.1, 0.15) is 12.4 Å². The van der Waals surface area contributed by atoms with Crippen molar-refractivity contribution in [1.29, 1.82) is 0 Å². The van der Waals surface area contributed by atoms with Gasteiger partial charge in [0, 0.05) is 23.5 Å². The van der Waals surface area contributed by atoms with E-state index in [1.807, 2.05) is 55.8 Å². The van der Waals surface area contributed by atoms with E-state index >= 15 is 0 Å². The maximum Gasteiger partial charge on any atom is 0.255 e. The van der Waals surface area contributed by atoms with Gasteiger partial charge in [0.15, 0.2) is 5.82 Å². The van der Waals surface area contributed by atoms with Gasteiger partial charge in [-0.3, -0.25) is 9.48 Å². The van der Waals surface area contributed by atoms with E-state index in [2.05, 4.69) is 25.9 Å². The lowest BCUT2D eigenvalue weighted by molar-refractivity contribution is 0.102. The molecule has 0 atom stereocenters. The normalized spacial score (nSPS) is 10.8. The number of ether oxygens (including phenoxy) is 1. The van der Waals surface area contributed by atoms with Gasteiger partial charge in [-0.15, -0.1) is 5.10 Å². The Morgan fingerprint density at radius 1 is 1.06 bits per heavy atom. The van der Waals surface area contributed by atoms with Crippen LogP contribution in [0.3, 0.4) is 0 Å². The summed E-state index contributed by atoms with van der Waals surface area (Å²) >= 11 is 0. The molecule has 0 unspecified atom stereocenters. The van der Waals surface area contributed by atoms with Gasteiger partial charge >= 0.3 is 0 Å². The molecule has 1 N–H and O–H groups in total. The quantitative estimate of drug-likeness (QED) is 0.459. The number of carbonyl (C=O) groups excluding carboxylic acids is 1. The second-order valence-corrected chi connectivity index (χ2v) is 7.46. The Kier molecular flexibility index (Phi) is 6.25. The van der Waals surface area contributed by atoms with Crippen LogP contribution >= 0.6 is 0 Å². The van der Waals surface area contributed by atoms with Crippen LogP contribution in [0.2, 0.25) is 0 Å². The number of aromatic nitrogens is 6. The molecule has 4 rings (SSSR count). The monoisotopic (exact) mass is 431 g/mol. The molecule has 0 aliphatic carbocycles. The number of aryl methyl sites for hydroxylation is 3. The van der Waals surface area contributed by atoms with Crippen LogP contribution < -0.4 is 10.1 Å². The highest BCUT2D eigenvalue weighted by Crippen LogP contribution is 2.17. The van der Waals surface area contributed by atoms with Gasteiger partial charge in [0.2, 0.25) is 0 Å². The van der Waals surface area contributed by atoms with Crippen LogP contribution in [0.5, 0.6) is 5.75 Å².